The van der Waals surface area contributed by atoms with Gasteiger partial charge < -0.3 is 15.4 Å². The summed E-state index contributed by atoms with van der Waals surface area (Å²) in [5.41, 5.74) is 6.73. The van der Waals surface area contributed by atoms with E-state index in [1.54, 1.807) is 0 Å². The molecule has 35 heavy (non-hydrogen) atoms. The number of amides is 1. The van der Waals surface area contributed by atoms with Crippen molar-refractivity contribution in [3.63, 3.8) is 0 Å². The molecule has 194 valence electrons. The van der Waals surface area contributed by atoms with Gasteiger partial charge in [0, 0.05) is 29.8 Å². The van der Waals surface area contributed by atoms with Crippen molar-refractivity contribution in [1.29, 1.82) is 0 Å². The summed E-state index contributed by atoms with van der Waals surface area (Å²) in [5, 5.41) is 11.7. The minimum atomic E-state index is -0.712. The zero-order chi connectivity index (χ0) is 25.8. The molecule has 2 rings (SSSR count). The minimum Gasteiger partial charge on any atom is -0.481 e. The first kappa shape index (κ1) is 28.6. The predicted molar refractivity (Wildman–Crippen MR) is 141 cm³/mol. The van der Waals surface area contributed by atoms with E-state index in [1.165, 1.54) is 5.56 Å². The molecule has 6 heteroatoms. The van der Waals surface area contributed by atoms with E-state index >= 15 is 0 Å². The normalized spacial score (nSPS) is 14.7. The summed E-state index contributed by atoms with van der Waals surface area (Å²) in [7, 11) is 0. The van der Waals surface area contributed by atoms with Gasteiger partial charge in [0.15, 0.2) is 5.78 Å². The summed E-state index contributed by atoms with van der Waals surface area (Å²) in [4.78, 5) is 39.4. The molecule has 3 N–H and O–H groups in total. The molecule has 1 amide bonds. The van der Waals surface area contributed by atoms with Crippen LogP contribution in [0.5, 0.6) is 0 Å². The first-order valence-corrected chi connectivity index (χ1v) is 13.6. The fourth-order valence-electron chi connectivity index (χ4n) is 5.12. The van der Waals surface area contributed by atoms with Crippen LogP contribution in [0.15, 0.2) is 16.8 Å². The molecule has 1 aromatic heterocycles. The van der Waals surface area contributed by atoms with E-state index in [4.69, 9.17) is 5.11 Å². The lowest BCUT2D eigenvalue weighted by molar-refractivity contribution is -0.137. The van der Waals surface area contributed by atoms with Crippen molar-refractivity contribution in [3.05, 3.63) is 39.4 Å². The number of ketones is 1. The van der Waals surface area contributed by atoms with E-state index in [9.17, 15) is 14.4 Å². The van der Waals surface area contributed by atoms with E-state index in [0.29, 0.717) is 12.8 Å². The third kappa shape index (κ3) is 7.94. The molecule has 1 aliphatic rings. The molecule has 0 unspecified atom stereocenters. The van der Waals surface area contributed by atoms with Crippen molar-refractivity contribution in [2.24, 2.45) is 0 Å². The maximum absolute atomic E-state index is 13.1. The second kappa shape index (κ2) is 14.7. The quantitative estimate of drug-likeness (QED) is 0.165. The standard InChI is InChI=1S/C29H44N2O4/c1-5-20-22(7-3)28(26(32)17-15-13-11-9-10-12-14-16-18-27(33)34)30-24(20)19-25-21(6-2)23(8-4)29(35)31-25/h19,30H,5-18H2,1-4H3,(H,31,35)(H,33,34)/b25-19+. The lowest BCUT2D eigenvalue weighted by Gasteiger charge is -2.05. The summed E-state index contributed by atoms with van der Waals surface area (Å²) in [6.45, 7) is 8.28. The van der Waals surface area contributed by atoms with Gasteiger partial charge in [0.1, 0.15) is 0 Å². The second-order valence-electron chi connectivity index (χ2n) is 9.40. The van der Waals surface area contributed by atoms with Crippen LogP contribution in [0.25, 0.3) is 6.08 Å². The Balaban J connectivity index is 1.96. The zero-order valence-electron chi connectivity index (χ0n) is 22.1. The fourth-order valence-corrected chi connectivity index (χ4v) is 5.12. The van der Waals surface area contributed by atoms with E-state index in [-0.39, 0.29) is 18.1 Å². The van der Waals surface area contributed by atoms with Crippen LogP contribution >= 0.6 is 0 Å². The summed E-state index contributed by atoms with van der Waals surface area (Å²) in [6.07, 6.45) is 14.1. The Kier molecular flexibility index (Phi) is 12.0. The van der Waals surface area contributed by atoms with Gasteiger partial charge >= 0.3 is 5.97 Å². The molecule has 0 aromatic carbocycles. The summed E-state index contributed by atoms with van der Waals surface area (Å²) in [5.74, 6) is -0.547. The third-order valence-electron chi connectivity index (χ3n) is 6.99. The zero-order valence-corrected chi connectivity index (χ0v) is 22.1. The van der Waals surface area contributed by atoms with Gasteiger partial charge in [0.2, 0.25) is 0 Å². The van der Waals surface area contributed by atoms with Crippen LogP contribution < -0.4 is 5.32 Å². The molecule has 0 atom stereocenters. The van der Waals surface area contributed by atoms with Crippen LogP contribution in [0, 0.1) is 0 Å². The Labute approximate surface area is 210 Å². The smallest absolute Gasteiger partial charge is 0.303 e. The molecule has 0 radical (unpaired) electrons. The monoisotopic (exact) mass is 484 g/mol. The molecular formula is C29H44N2O4. The fraction of sp³-hybridized carbons (Fsp3) is 0.621. The Morgan fingerprint density at radius 3 is 1.80 bits per heavy atom. The van der Waals surface area contributed by atoms with E-state index in [2.05, 4.69) is 31.1 Å². The molecule has 0 fully saturated rings. The van der Waals surface area contributed by atoms with Crippen molar-refractivity contribution in [1.82, 2.24) is 10.3 Å². The van der Waals surface area contributed by atoms with Gasteiger partial charge in [-0.1, -0.05) is 66.2 Å². The number of nitrogens with one attached hydrogen (secondary N) is 2. The van der Waals surface area contributed by atoms with Crippen molar-refractivity contribution >= 4 is 23.7 Å². The number of allylic oxidation sites excluding steroid dienone is 1. The highest BCUT2D eigenvalue weighted by atomic mass is 16.4. The van der Waals surface area contributed by atoms with Crippen LogP contribution in [0.1, 0.15) is 132 Å². The summed E-state index contributed by atoms with van der Waals surface area (Å²) in [6, 6.07) is 0. The van der Waals surface area contributed by atoms with Gasteiger partial charge in [-0.2, -0.15) is 0 Å². The topological polar surface area (TPSA) is 99.3 Å². The summed E-state index contributed by atoms with van der Waals surface area (Å²) < 4.78 is 0. The molecule has 0 saturated carbocycles. The Morgan fingerprint density at radius 1 is 0.743 bits per heavy atom. The summed E-state index contributed by atoms with van der Waals surface area (Å²) >= 11 is 0. The number of rotatable bonds is 17. The van der Waals surface area contributed by atoms with Crippen LogP contribution in [-0.4, -0.2) is 27.8 Å². The molecule has 0 aliphatic carbocycles. The second-order valence-corrected chi connectivity index (χ2v) is 9.40. The lowest BCUT2D eigenvalue weighted by Crippen LogP contribution is -2.16. The molecule has 2 heterocycles. The number of H-pyrrole nitrogens is 1. The molecule has 0 bridgehead atoms. The number of carboxylic acids is 1. The number of Topliss-reactive ketones (excluding diaryl/α,β-unsaturated/α-hetero) is 1. The van der Waals surface area contributed by atoms with Crippen molar-refractivity contribution in [2.75, 3.05) is 0 Å². The van der Waals surface area contributed by atoms with E-state index in [0.717, 1.165) is 104 Å². The number of aromatic amines is 1. The molecule has 1 aliphatic heterocycles. The van der Waals surface area contributed by atoms with E-state index < -0.39 is 5.97 Å². The highest BCUT2D eigenvalue weighted by Gasteiger charge is 2.26. The Hall–Kier alpha value is -2.63. The Morgan fingerprint density at radius 2 is 1.29 bits per heavy atom. The predicted octanol–water partition coefficient (Wildman–Crippen LogP) is 6.90. The maximum atomic E-state index is 13.1. The molecule has 0 saturated heterocycles. The van der Waals surface area contributed by atoms with Gasteiger partial charge in [0.25, 0.3) is 5.91 Å². The Bertz CT molecular complexity index is 952. The van der Waals surface area contributed by atoms with Crippen molar-refractivity contribution in [2.45, 2.75) is 118 Å². The molecular weight excluding hydrogens is 440 g/mol. The van der Waals surface area contributed by atoms with Gasteiger partial charge in [0.05, 0.1) is 5.69 Å². The minimum absolute atomic E-state index is 0.00696. The van der Waals surface area contributed by atoms with Crippen molar-refractivity contribution in [3.8, 4) is 0 Å². The number of unbranched alkanes of at least 4 members (excludes halogenated alkanes) is 7. The average Bonchev–Trinajstić information content (AvgIpc) is 3.35. The first-order chi connectivity index (χ1) is 16.9. The van der Waals surface area contributed by atoms with E-state index in [1.807, 2.05) is 13.0 Å². The first-order valence-electron chi connectivity index (χ1n) is 13.6. The van der Waals surface area contributed by atoms with Gasteiger partial charge in [-0.3, -0.25) is 14.4 Å². The van der Waals surface area contributed by atoms with Gasteiger partial charge in [-0.05, 0) is 61.3 Å². The number of aromatic nitrogens is 1. The number of carbonyl (C=O) groups excluding carboxylic acids is 2. The number of aliphatic carboxylic acids is 1. The number of hydrogen-bond acceptors (Lipinski definition) is 3. The van der Waals surface area contributed by atoms with Crippen LogP contribution in [0.2, 0.25) is 0 Å². The number of carbonyl (C=O) groups is 3. The highest BCUT2D eigenvalue weighted by molar-refractivity contribution is 6.01. The largest absolute Gasteiger partial charge is 0.481 e. The van der Waals surface area contributed by atoms with Crippen LogP contribution in [0.4, 0.5) is 0 Å². The molecule has 0 spiro atoms. The number of hydrogen-bond donors (Lipinski definition) is 3. The lowest BCUT2D eigenvalue weighted by atomic mass is 9.98. The molecule has 6 nitrogen and oxygen atoms in total. The highest BCUT2D eigenvalue weighted by Crippen LogP contribution is 2.30. The van der Waals surface area contributed by atoms with Gasteiger partial charge in [-0.15, -0.1) is 0 Å². The van der Waals surface area contributed by atoms with Gasteiger partial charge in [-0.25, -0.2) is 0 Å². The number of carboxylic acid groups (broad SMARTS) is 1. The van der Waals surface area contributed by atoms with Crippen LogP contribution in [-0.2, 0) is 22.4 Å². The third-order valence-corrected chi connectivity index (χ3v) is 6.99. The van der Waals surface area contributed by atoms with Crippen molar-refractivity contribution < 1.29 is 19.5 Å². The maximum Gasteiger partial charge on any atom is 0.303 e. The molecule has 1 aromatic rings. The average molecular weight is 485 g/mol. The SMILES string of the molecule is CCC1=C(CC)/C(=C\c2[nH]c(C(=O)CCCCCCCCCCC(=O)O)c(CC)c2CC)NC1=O. The van der Waals surface area contributed by atoms with Crippen LogP contribution in [0.3, 0.4) is 0 Å².